The van der Waals surface area contributed by atoms with Gasteiger partial charge in [0.2, 0.25) is 17.8 Å². The van der Waals surface area contributed by atoms with Crippen LogP contribution in [-0.4, -0.2) is 41.3 Å². The first-order valence-electron chi connectivity index (χ1n) is 9.01. The Kier molecular flexibility index (Phi) is 6.65. The van der Waals surface area contributed by atoms with E-state index in [9.17, 15) is 0 Å². The topological polar surface area (TPSA) is 75.2 Å². The van der Waals surface area contributed by atoms with Crippen LogP contribution in [0, 0.1) is 0 Å². The Hall–Kier alpha value is -2.03. The van der Waals surface area contributed by atoms with Gasteiger partial charge in [-0.1, -0.05) is 46.4 Å². The van der Waals surface area contributed by atoms with Crippen molar-refractivity contribution in [2.75, 3.05) is 41.8 Å². The Labute approximate surface area is 193 Å². The minimum atomic E-state index is 0.302. The highest BCUT2D eigenvalue weighted by atomic mass is 35.5. The van der Waals surface area contributed by atoms with Gasteiger partial charge in [0, 0.05) is 23.1 Å². The quantitative estimate of drug-likeness (QED) is 0.472. The van der Waals surface area contributed by atoms with Crippen LogP contribution in [-0.2, 0) is 4.74 Å². The zero-order chi connectivity index (χ0) is 21.1. The predicted octanol–water partition coefficient (Wildman–Crippen LogP) is 5.81. The van der Waals surface area contributed by atoms with Gasteiger partial charge in [-0.15, -0.1) is 0 Å². The van der Waals surface area contributed by atoms with E-state index < -0.39 is 0 Å². The van der Waals surface area contributed by atoms with Crippen LogP contribution in [0.15, 0.2) is 36.4 Å². The third-order valence-electron chi connectivity index (χ3n) is 4.27. The lowest BCUT2D eigenvalue weighted by Crippen LogP contribution is -2.37. The van der Waals surface area contributed by atoms with E-state index in [1.54, 1.807) is 36.4 Å². The van der Waals surface area contributed by atoms with Crippen molar-refractivity contribution < 1.29 is 4.74 Å². The van der Waals surface area contributed by atoms with Gasteiger partial charge in [0.1, 0.15) is 0 Å². The molecule has 0 bridgehead atoms. The molecule has 2 heterocycles. The molecule has 3 aromatic rings. The average Bonchev–Trinajstić information content (AvgIpc) is 2.74. The van der Waals surface area contributed by atoms with E-state index in [-0.39, 0.29) is 0 Å². The molecule has 11 heteroatoms. The predicted molar refractivity (Wildman–Crippen MR) is 122 cm³/mol. The van der Waals surface area contributed by atoms with Crippen LogP contribution in [0.1, 0.15) is 0 Å². The number of rotatable bonds is 5. The molecule has 1 saturated heterocycles. The number of hydrogen-bond donors (Lipinski definition) is 2. The van der Waals surface area contributed by atoms with Gasteiger partial charge in [-0.25, -0.2) is 0 Å². The van der Waals surface area contributed by atoms with Crippen LogP contribution in [0.5, 0.6) is 0 Å². The van der Waals surface area contributed by atoms with Gasteiger partial charge in [-0.3, -0.25) is 0 Å². The van der Waals surface area contributed by atoms with Crippen LogP contribution in [0.2, 0.25) is 20.1 Å². The van der Waals surface area contributed by atoms with Crippen molar-refractivity contribution in [1.82, 2.24) is 15.0 Å². The van der Waals surface area contributed by atoms with Gasteiger partial charge >= 0.3 is 0 Å². The van der Waals surface area contributed by atoms with Crippen molar-refractivity contribution in [3.05, 3.63) is 56.5 Å². The van der Waals surface area contributed by atoms with E-state index >= 15 is 0 Å². The second-order valence-electron chi connectivity index (χ2n) is 6.38. The summed E-state index contributed by atoms with van der Waals surface area (Å²) in [6.45, 7) is 2.52. The van der Waals surface area contributed by atoms with Crippen LogP contribution in [0.25, 0.3) is 0 Å². The summed E-state index contributed by atoms with van der Waals surface area (Å²) in [6, 6.07) is 10.2. The molecule has 2 aromatic carbocycles. The molecule has 0 unspecified atom stereocenters. The van der Waals surface area contributed by atoms with Crippen molar-refractivity contribution >= 4 is 75.6 Å². The maximum Gasteiger partial charge on any atom is 0.233 e. The number of nitrogens with zero attached hydrogens (tertiary/aromatic N) is 4. The largest absolute Gasteiger partial charge is 0.378 e. The van der Waals surface area contributed by atoms with Crippen LogP contribution in [0.4, 0.5) is 29.2 Å². The first-order valence-corrected chi connectivity index (χ1v) is 10.5. The number of benzene rings is 2. The van der Waals surface area contributed by atoms with E-state index in [0.717, 1.165) is 0 Å². The molecular formula is C19H16Cl4N6O. The Morgan fingerprint density at radius 3 is 1.73 bits per heavy atom. The van der Waals surface area contributed by atoms with E-state index in [1.165, 1.54) is 0 Å². The number of morpholine rings is 1. The molecule has 4 rings (SSSR count). The highest BCUT2D eigenvalue weighted by Crippen LogP contribution is 2.30. The van der Waals surface area contributed by atoms with E-state index in [0.29, 0.717) is 75.6 Å². The minimum Gasteiger partial charge on any atom is -0.378 e. The standard InChI is InChI=1S/C19H16Cl4N6O/c20-11-1-3-13(22)15(9-11)24-17-26-18(25-16-10-12(21)2-4-14(16)23)28-19(27-17)29-5-7-30-8-6-29/h1-4,9-10H,5-8H2,(H2,24,25,26,27,28). The number of nitrogens with one attached hydrogen (secondary N) is 2. The summed E-state index contributed by atoms with van der Waals surface area (Å²) in [5, 5.41) is 8.26. The molecular weight excluding hydrogens is 470 g/mol. The first kappa shape index (κ1) is 21.2. The maximum absolute atomic E-state index is 6.28. The monoisotopic (exact) mass is 484 g/mol. The summed E-state index contributed by atoms with van der Waals surface area (Å²) in [5.74, 6) is 1.10. The minimum absolute atomic E-state index is 0.302. The summed E-state index contributed by atoms with van der Waals surface area (Å²) in [7, 11) is 0. The van der Waals surface area contributed by atoms with Crippen LogP contribution in [0.3, 0.4) is 0 Å². The average molecular weight is 486 g/mol. The lowest BCUT2D eigenvalue weighted by atomic mass is 10.3. The fourth-order valence-corrected chi connectivity index (χ4v) is 3.48. The summed E-state index contributed by atoms with van der Waals surface area (Å²) >= 11 is 24.7. The van der Waals surface area contributed by atoms with Gasteiger partial charge in [0.15, 0.2) is 0 Å². The molecule has 1 fully saturated rings. The SMILES string of the molecule is Clc1ccc(Cl)c(Nc2nc(Nc3cc(Cl)ccc3Cl)nc(N3CCOCC3)n2)c1. The third-order valence-corrected chi connectivity index (χ3v) is 5.40. The number of aromatic nitrogens is 3. The summed E-state index contributed by atoms with van der Waals surface area (Å²) < 4.78 is 5.42. The van der Waals surface area contributed by atoms with Gasteiger partial charge in [-0.05, 0) is 36.4 Å². The van der Waals surface area contributed by atoms with E-state index in [2.05, 4.69) is 25.6 Å². The molecule has 1 aliphatic heterocycles. The normalized spacial score (nSPS) is 13.9. The van der Waals surface area contributed by atoms with E-state index in [4.69, 9.17) is 51.1 Å². The summed E-state index contributed by atoms with van der Waals surface area (Å²) in [5.41, 5.74) is 1.16. The second-order valence-corrected chi connectivity index (χ2v) is 8.07. The van der Waals surface area contributed by atoms with Crippen molar-refractivity contribution in [3.8, 4) is 0 Å². The summed E-state index contributed by atoms with van der Waals surface area (Å²) in [4.78, 5) is 15.6. The maximum atomic E-state index is 6.28. The van der Waals surface area contributed by atoms with E-state index in [1.807, 2.05) is 4.90 Å². The van der Waals surface area contributed by atoms with Gasteiger partial charge < -0.3 is 20.3 Å². The van der Waals surface area contributed by atoms with Gasteiger partial charge in [0.05, 0.1) is 34.6 Å². The van der Waals surface area contributed by atoms with Crippen molar-refractivity contribution in [1.29, 1.82) is 0 Å². The Balaban J connectivity index is 1.70. The first-order chi connectivity index (χ1) is 14.5. The lowest BCUT2D eigenvalue weighted by Gasteiger charge is -2.27. The molecule has 0 spiro atoms. The van der Waals surface area contributed by atoms with Crippen LogP contribution >= 0.6 is 46.4 Å². The number of hydrogen-bond acceptors (Lipinski definition) is 7. The lowest BCUT2D eigenvalue weighted by molar-refractivity contribution is 0.122. The highest BCUT2D eigenvalue weighted by molar-refractivity contribution is 6.36. The summed E-state index contributed by atoms with van der Waals surface area (Å²) in [6.07, 6.45) is 0. The highest BCUT2D eigenvalue weighted by Gasteiger charge is 2.18. The zero-order valence-corrected chi connectivity index (χ0v) is 18.5. The van der Waals surface area contributed by atoms with Crippen molar-refractivity contribution in [2.45, 2.75) is 0 Å². The fraction of sp³-hybridized carbons (Fsp3) is 0.211. The molecule has 7 nitrogen and oxygen atoms in total. The molecule has 1 aliphatic rings. The number of halogens is 4. The fourth-order valence-electron chi connectivity index (χ4n) is 2.81. The van der Waals surface area contributed by atoms with Crippen molar-refractivity contribution in [3.63, 3.8) is 0 Å². The molecule has 0 amide bonds. The Morgan fingerprint density at radius 1 is 0.733 bits per heavy atom. The Bertz CT molecular complexity index is 989. The molecule has 0 radical (unpaired) electrons. The smallest absolute Gasteiger partial charge is 0.233 e. The molecule has 0 atom stereocenters. The van der Waals surface area contributed by atoms with Crippen LogP contribution < -0.4 is 15.5 Å². The second kappa shape index (κ2) is 9.41. The molecule has 156 valence electrons. The number of anilines is 5. The molecule has 30 heavy (non-hydrogen) atoms. The molecule has 2 N–H and O–H groups in total. The van der Waals surface area contributed by atoms with Gasteiger partial charge in [0.25, 0.3) is 0 Å². The zero-order valence-electron chi connectivity index (χ0n) is 15.5. The Morgan fingerprint density at radius 2 is 1.23 bits per heavy atom. The molecule has 1 aromatic heterocycles. The third kappa shape index (κ3) is 5.17. The molecule has 0 aliphatic carbocycles. The number of ether oxygens (including phenoxy) is 1. The molecule has 0 saturated carbocycles. The van der Waals surface area contributed by atoms with Gasteiger partial charge in [-0.2, -0.15) is 15.0 Å². The van der Waals surface area contributed by atoms with Crippen molar-refractivity contribution in [2.24, 2.45) is 0 Å².